The Bertz CT molecular complexity index is 1310. The molecule has 1 atom stereocenters. The van der Waals surface area contributed by atoms with Crippen molar-refractivity contribution in [2.24, 2.45) is 0 Å². The largest absolute Gasteiger partial charge is 0.377 e. The van der Waals surface area contributed by atoms with Crippen molar-refractivity contribution < 1.29 is 9.53 Å². The second-order valence-corrected chi connectivity index (χ2v) is 8.57. The van der Waals surface area contributed by atoms with Crippen molar-refractivity contribution in [3.8, 4) is 16.9 Å². The first-order chi connectivity index (χ1) is 16.2. The smallest absolute Gasteiger partial charge is 0.227 e. The predicted octanol–water partition coefficient (Wildman–Crippen LogP) is 3.16. The zero-order chi connectivity index (χ0) is 22.4. The van der Waals surface area contributed by atoms with Crippen molar-refractivity contribution >= 4 is 28.4 Å². The van der Waals surface area contributed by atoms with Gasteiger partial charge in [0.25, 0.3) is 0 Å². The van der Waals surface area contributed by atoms with Crippen LogP contribution in [0.3, 0.4) is 0 Å². The van der Waals surface area contributed by atoms with Crippen LogP contribution in [0.4, 0.5) is 11.5 Å². The van der Waals surface area contributed by atoms with E-state index in [9.17, 15) is 4.79 Å². The third-order valence-corrected chi connectivity index (χ3v) is 6.44. The first kappa shape index (κ1) is 19.9. The third kappa shape index (κ3) is 3.45. The minimum Gasteiger partial charge on any atom is -0.377 e. The molecule has 168 valence electrons. The molecule has 1 N–H and O–H groups in total. The number of ether oxygens (including phenoxy) is 1. The van der Waals surface area contributed by atoms with Gasteiger partial charge in [-0.15, -0.1) is 0 Å². The van der Waals surface area contributed by atoms with Crippen LogP contribution >= 0.6 is 0 Å². The molecule has 0 radical (unpaired) electrons. The lowest BCUT2D eigenvalue weighted by Gasteiger charge is -2.34. The highest BCUT2D eigenvalue weighted by Crippen LogP contribution is 2.35. The first-order valence-corrected chi connectivity index (χ1v) is 11.3. The van der Waals surface area contributed by atoms with Crippen molar-refractivity contribution in [2.75, 3.05) is 36.1 Å². The minimum atomic E-state index is 0.182. The number of nitrogens with one attached hydrogen (secondary N) is 1. The summed E-state index contributed by atoms with van der Waals surface area (Å²) in [5, 5.41) is 12.7. The molecule has 33 heavy (non-hydrogen) atoms. The number of fused-ring (bicyclic) bond motifs is 1. The van der Waals surface area contributed by atoms with Crippen LogP contribution in [0.25, 0.3) is 28.0 Å². The summed E-state index contributed by atoms with van der Waals surface area (Å²) in [7, 11) is 0. The fourth-order valence-corrected chi connectivity index (χ4v) is 4.74. The lowest BCUT2D eigenvalue weighted by atomic mass is 10.0. The van der Waals surface area contributed by atoms with Gasteiger partial charge in [0.15, 0.2) is 11.5 Å². The number of hydrogen-bond donors (Lipinski definition) is 1. The molecule has 0 unspecified atom stereocenters. The number of amides is 1. The summed E-state index contributed by atoms with van der Waals surface area (Å²) in [6.45, 7) is 5.03. The van der Waals surface area contributed by atoms with Crippen molar-refractivity contribution in [2.45, 2.75) is 25.8 Å². The lowest BCUT2D eigenvalue weighted by molar-refractivity contribution is -0.117. The minimum absolute atomic E-state index is 0.182. The van der Waals surface area contributed by atoms with E-state index in [-0.39, 0.29) is 11.9 Å². The van der Waals surface area contributed by atoms with Crippen LogP contribution in [0.15, 0.2) is 48.8 Å². The van der Waals surface area contributed by atoms with E-state index in [1.54, 1.807) is 10.9 Å². The number of benzene rings is 1. The molecule has 9 nitrogen and oxygen atoms in total. The van der Waals surface area contributed by atoms with Crippen molar-refractivity contribution in [3.63, 3.8) is 0 Å². The fourth-order valence-electron chi connectivity index (χ4n) is 4.74. The number of pyridine rings is 1. The van der Waals surface area contributed by atoms with Crippen LogP contribution < -0.4 is 9.80 Å². The Morgan fingerprint density at radius 3 is 2.88 bits per heavy atom. The van der Waals surface area contributed by atoms with Crippen LogP contribution in [0, 0.1) is 0 Å². The van der Waals surface area contributed by atoms with Gasteiger partial charge in [-0.25, -0.2) is 4.98 Å². The highest BCUT2D eigenvalue weighted by Gasteiger charge is 2.25. The van der Waals surface area contributed by atoms with E-state index in [0.29, 0.717) is 25.5 Å². The van der Waals surface area contributed by atoms with Gasteiger partial charge in [0.2, 0.25) is 5.91 Å². The van der Waals surface area contributed by atoms with Crippen molar-refractivity contribution in [1.82, 2.24) is 25.0 Å². The van der Waals surface area contributed by atoms with E-state index in [1.165, 1.54) is 0 Å². The number of anilines is 2. The average molecular weight is 444 g/mol. The molecule has 5 heterocycles. The average Bonchev–Trinajstić information content (AvgIpc) is 3.59. The van der Waals surface area contributed by atoms with Crippen LogP contribution in [0.2, 0.25) is 0 Å². The number of morpholine rings is 1. The second kappa shape index (κ2) is 8.00. The maximum atomic E-state index is 12.3. The van der Waals surface area contributed by atoms with Gasteiger partial charge in [-0.3, -0.25) is 9.89 Å². The van der Waals surface area contributed by atoms with E-state index in [1.807, 2.05) is 29.3 Å². The predicted molar refractivity (Wildman–Crippen MR) is 126 cm³/mol. The van der Waals surface area contributed by atoms with Crippen LogP contribution in [-0.4, -0.2) is 63.2 Å². The molecule has 1 amide bonds. The summed E-state index contributed by atoms with van der Waals surface area (Å²) in [6, 6.07) is 12.4. The van der Waals surface area contributed by atoms with Crippen LogP contribution in [0.5, 0.6) is 0 Å². The monoisotopic (exact) mass is 443 g/mol. The first-order valence-electron chi connectivity index (χ1n) is 11.3. The Hall–Kier alpha value is -3.72. The maximum absolute atomic E-state index is 12.3. The summed E-state index contributed by atoms with van der Waals surface area (Å²) in [5.74, 6) is 1.75. The summed E-state index contributed by atoms with van der Waals surface area (Å²) in [6.07, 6.45) is 5.12. The molecule has 2 aliphatic rings. The molecule has 2 saturated heterocycles. The molecule has 2 fully saturated rings. The molecule has 0 aliphatic carbocycles. The number of nitrogens with zero attached hydrogens (tertiary/aromatic N) is 6. The number of carbonyl (C=O) groups is 1. The highest BCUT2D eigenvalue weighted by atomic mass is 16.5. The molecule has 0 saturated carbocycles. The summed E-state index contributed by atoms with van der Waals surface area (Å²) in [4.78, 5) is 21.5. The van der Waals surface area contributed by atoms with E-state index < -0.39 is 0 Å². The summed E-state index contributed by atoms with van der Waals surface area (Å²) >= 11 is 0. The van der Waals surface area contributed by atoms with Gasteiger partial charge in [0.1, 0.15) is 5.82 Å². The topological polar surface area (TPSA) is 92.2 Å². The normalized spacial score (nSPS) is 19.1. The molecule has 4 aromatic rings. The van der Waals surface area contributed by atoms with Gasteiger partial charge >= 0.3 is 0 Å². The SMILES string of the molecule is C[C@@H]1COCCN1c1cc(-c2cccc(N3CCCC3=O)c2)c2cnn(-c3cc[nH]n3)c2n1. The molecule has 9 heteroatoms. The standard InChI is InChI=1S/C24H25N7O2/c1-16-15-33-11-10-29(16)22-13-19(17-4-2-5-18(12-17)30-9-3-6-23(30)32)20-14-26-31(24(20)27-22)21-7-8-25-28-21/h2,4-5,7-8,12-14,16H,3,6,9-11,15H2,1H3,(H,25,28)/t16-/m1/s1. The van der Waals surface area contributed by atoms with Gasteiger partial charge in [-0.2, -0.15) is 14.9 Å². The number of hydrogen-bond acceptors (Lipinski definition) is 6. The number of aromatic amines is 1. The van der Waals surface area contributed by atoms with Crippen LogP contribution in [-0.2, 0) is 9.53 Å². The Labute approximate surface area is 191 Å². The Morgan fingerprint density at radius 2 is 2.09 bits per heavy atom. The summed E-state index contributed by atoms with van der Waals surface area (Å²) in [5.41, 5.74) is 3.74. The number of H-pyrrole nitrogens is 1. The zero-order valence-electron chi connectivity index (χ0n) is 18.4. The van der Waals surface area contributed by atoms with Crippen molar-refractivity contribution in [1.29, 1.82) is 0 Å². The Kier molecular flexibility index (Phi) is 4.83. The van der Waals surface area contributed by atoms with E-state index in [2.05, 4.69) is 45.3 Å². The Morgan fingerprint density at radius 1 is 1.15 bits per heavy atom. The van der Waals surface area contributed by atoms with Gasteiger partial charge in [0.05, 0.1) is 25.5 Å². The second-order valence-electron chi connectivity index (χ2n) is 8.57. The molecule has 6 rings (SSSR count). The number of aromatic nitrogens is 5. The van der Waals surface area contributed by atoms with Gasteiger partial charge in [-0.1, -0.05) is 12.1 Å². The molecule has 3 aromatic heterocycles. The van der Waals surface area contributed by atoms with E-state index in [4.69, 9.17) is 9.72 Å². The number of rotatable bonds is 4. The van der Waals surface area contributed by atoms with Gasteiger partial charge in [0, 0.05) is 42.8 Å². The molecule has 0 bridgehead atoms. The summed E-state index contributed by atoms with van der Waals surface area (Å²) < 4.78 is 7.41. The molecule has 0 spiro atoms. The Balaban J connectivity index is 1.53. The quantitative estimate of drug-likeness (QED) is 0.521. The van der Waals surface area contributed by atoms with Crippen molar-refractivity contribution in [3.05, 3.63) is 48.8 Å². The molecule has 2 aliphatic heterocycles. The maximum Gasteiger partial charge on any atom is 0.227 e. The van der Waals surface area contributed by atoms with E-state index >= 15 is 0 Å². The number of carbonyl (C=O) groups excluding carboxylic acids is 1. The molecule has 1 aromatic carbocycles. The zero-order valence-corrected chi connectivity index (χ0v) is 18.4. The van der Waals surface area contributed by atoms with Crippen LogP contribution in [0.1, 0.15) is 19.8 Å². The third-order valence-electron chi connectivity index (χ3n) is 6.44. The van der Waals surface area contributed by atoms with Gasteiger partial charge < -0.3 is 14.5 Å². The molecular weight excluding hydrogens is 418 g/mol. The highest BCUT2D eigenvalue weighted by molar-refractivity contribution is 5.98. The van der Waals surface area contributed by atoms with E-state index in [0.717, 1.165) is 53.2 Å². The lowest BCUT2D eigenvalue weighted by Crippen LogP contribution is -2.44. The van der Waals surface area contributed by atoms with Gasteiger partial charge in [-0.05, 0) is 42.7 Å². The molecular formula is C24H25N7O2. The fraction of sp³-hybridized carbons (Fsp3) is 0.333.